The fraction of sp³-hybridized carbons (Fsp3) is 0.867. The molecule has 0 aromatic carbocycles. The Labute approximate surface area is 139 Å². The summed E-state index contributed by atoms with van der Waals surface area (Å²) in [4.78, 5) is 27.8. The van der Waals surface area contributed by atoms with Crippen LogP contribution < -0.4 is 10.6 Å². The van der Waals surface area contributed by atoms with Crippen molar-refractivity contribution in [2.45, 2.75) is 44.6 Å². The van der Waals surface area contributed by atoms with Gasteiger partial charge in [0.1, 0.15) is 0 Å². The number of rotatable bonds is 4. The maximum Gasteiger partial charge on any atom is 0.317 e. The second-order valence-corrected chi connectivity index (χ2v) is 6.01. The van der Waals surface area contributed by atoms with Gasteiger partial charge in [0.2, 0.25) is 5.91 Å². The molecule has 1 saturated heterocycles. The fourth-order valence-electron chi connectivity index (χ4n) is 3.06. The van der Waals surface area contributed by atoms with Gasteiger partial charge in [-0.15, -0.1) is 12.4 Å². The third-order valence-electron chi connectivity index (χ3n) is 4.44. The van der Waals surface area contributed by atoms with Gasteiger partial charge in [-0.3, -0.25) is 4.79 Å². The quantitative estimate of drug-likeness (QED) is 0.813. The monoisotopic (exact) mass is 332 g/mol. The summed E-state index contributed by atoms with van der Waals surface area (Å²) in [5, 5.41) is 6.13. The predicted molar refractivity (Wildman–Crippen MR) is 89.3 cm³/mol. The van der Waals surface area contributed by atoms with Crippen LogP contribution in [0.5, 0.6) is 0 Å². The van der Waals surface area contributed by atoms with E-state index in [0.717, 1.165) is 12.8 Å². The zero-order valence-corrected chi connectivity index (χ0v) is 14.3. The molecular weight excluding hydrogens is 304 g/mol. The van der Waals surface area contributed by atoms with Crippen molar-refractivity contribution in [1.29, 1.82) is 0 Å². The maximum absolute atomic E-state index is 12.2. The lowest BCUT2D eigenvalue weighted by Gasteiger charge is -2.36. The van der Waals surface area contributed by atoms with Crippen molar-refractivity contribution >= 4 is 24.3 Å². The third-order valence-corrected chi connectivity index (χ3v) is 4.44. The number of hydrogen-bond donors (Lipinski definition) is 2. The lowest BCUT2D eigenvalue weighted by molar-refractivity contribution is -0.132. The lowest BCUT2D eigenvalue weighted by atomic mass is 9.96. The van der Waals surface area contributed by atoms with Crippen LogP contribution >= 0.6 is 12.4 Å². The first-order valence-corrected chi connectivity index (χ1v) is 8.18. The van der Waals surface area contributed by atoms with E-state index in [0.29, 0.717) is 45.2 Å². The first-order valence-electron chi connectivity index (χ1n) is 8.18. The molecule has 2 fully saturated rings. The number of carbonyl (C=O) groups is 2. The van der Waals surface area contributed by atoms with Gasteiger partial charge in [-0.1, -0.05) is 19.3 Å². The van der Waals surface area contributed by atoms with E-state index >= 15 is 0 Å². The molecule has 1 aliphatic heterocycles. The number of nitrogens with one attached hydrogen (secondary N) is 2. The first-order chi connectivity index (χ1) is 10.2. The van der Waals surface area contributed by atoms with Crippen LogP contribution in [-0.2, 0) is 4.79 Å². The van der Waals surface area contributed by atoms with E-state index in [1.807, 2.05) is 16.8 Å². The average molecular weight is 333 g/mol. The average Bonchev–Trinajstić information content (AvgIpc) is 2.53. The van der Waals surface area contributed by atoms with Crippen molar-refractivity contribution < 1.29 is 9.59 Å². The molecule has 22 heavy (non-hydrogen) atoms. The van der Waals surface area contributed by atoms with Gasteiger partial charge in [0, 0.05) is 45.2 Å². The van der Waals surface area contributed by atoms with Gasteiger partial charge >= 0.3 is 6.03 Å². The standard InChI is InChI=1S/C15H28N4O2.ClH/c1-16-8-7-14(20)18-9-11-19(12-10-18)15(21)17-13-5-3-2-4-6-13;/h13,16H,2-12H2,1H3,(H,17,21);1H. The molecule has 6 nitrogen and oxygen atoms in total. The van der Waals surface area contributed by atoms with Crippen molar-refractivity contribution in [3.63, 3.8) is 0 Å². The molecule has 128 valence electrons. The molecule has 0 aromatic heterocycles. The summed E-state index contributed by atoms with van der Waals surface area (Å²) in [7, 11) is 1.85. The molecule has 0 atom stereocenters. The van der Waals surface area contributed by atoms with E-state index < -0.39 is 0 Å². The number of hydrogen-bond acceptors (Lipinski definition) is 3. The van der Waals surface area contributed by atoms with Crippen LogP contribution in [0.3, 0.4) is 0 Å². The Balaban J connectivity index is 0.00000242. The number of nitrogens with zero attached hydrogens (tertiary/aromatic N) is 2. The molecule has 0 aromatic rings. The Bertz CT molecular complexity index is 353. The molecule has 3 amide bonds. The van der Waals surface area contributed by atoms with Gasteiger partial charge in [-0.05, 0) is 19.9 Å². The topological polar surface area (TPSA) is 64.7 Å². The van der Waals surface area contributed by atoms with E-state index in [9.17, 15) is 9.59 Å². The van der Waals surface area contributed by atoms with E-state index in [-0.39, 0.29) is 24.3 Å². The molecule has 1 heterocycles. The van der Waals surface area contributed by atoms with Gasteiger partial charge in [0.25, 0.3) is 0 Å². The van der Waals surface area contributed by atoms with Crippen molar-refractivity contribution in [2.75, 3.05) is 39.8 Å². The molecule has 0 bridgehead atoms. The maximum atomic E-state index is 12.2. The Kier molecular flexibility index (Phi) is 8.56. The summed E-state index contributed by atoms with van der Waals surface area (Å²) < 4.78 is 0. The second-order valence-electron chi connectivity index (χ2n) is 6.01. The van der Waals surface area contributed by atoms with Crippen molar-refractivity contribution in [1.82, 2.24) is 20.4 Å². The molecule has 2 N–H and O–H groups in total. The summed E-state index contributed by atoms with van der Waals surface area (Å²) in [5.41, 5.74) is 0. The summed E-state index contributed by atoms with van der Waals surface area (Å²) in [6.45, 7) is 3.30. The highest BCUT2D eigenvalue weighted by molar-refractivity contribution is 5.85. The Morgan fingerprint density at radius 1 is 1.00 bits per heavy atom. The summed E-state index contributed by atoms with van der Waals surface area (Å²) in [5.74, 6) is 0.177. The SMILES string of the molecule is CNCCC(=O)N1CCN(C(=O)NC2CCCCC2)CC1.Cl. The van der Waals surface area contributed by atoms with E-state index in [4.69, 9.17) is 0 Å². The number of halogens is 1. The minimum atomic E-state index is 0. The van der Waals surface area contributed by atoms with Crippen LogP contribution in [0.2, 0.25) is 0 Å². The number of piperazine rings is 1. The van der Waals surface area contributed by atoms with Crippen LogP contribution in [-0.4, -0.2) is 67.6 Å². The van der Waals surface area contributed by atoms with Gasteiger partial charge in [0.05, 0.1) is 0 Å². The van der Waals surface area contributed by atoms with Crippen LogP contribution in [0.4, 0.5) is 4.79 Å². The lowest BCUT2D eigenvalue weighted by Crippen LogP contribution is -2.54. The molecule has 0 unspecified atom stereocenters. The second kappa shape index (κ2) is 9.90. The predicted octanol–water partition coefficient (Wildman–Crippen LogP) is 1.20. The van der Waals surface area contributed by atoms with Crippen LogP contribution in [0, 0.1) is 0 Å². The zero-order chi connectivity index (χ0) is 15.1. The molecule has 1 saturated carbocycles. The largest absolute Gasteiger partial charge is 0.339 e. The van der Waals surface area contributed by atoms with Crippen LogP contribution in [0.15, 0.2) is 0 Å². The fourth-order valence-corrected chi connectivity index (χ4v) is 3.06. The van der Waals surface area contributed by atoms with Gasteiger partial charge < -0.3 is 20.4 Å². The normalized spacial score (nSPS) is 19.5. The smallest absolute Gasteiger partial charge is 0.317 e. The molecule has 2 rings (SSSR count). The highest BCUT2D eigenvalue weighted by Crippen LogP contribution is 2.17. The number of urea groups is 1. The summed E-state index contributed by atoms with van der Waals surface area (Å²) in [6, 6.07) is 0.394. The minimum Gasteiger partial charge on any atom is -0.339 e. The third kappa shape index (κ3) is 5.65. The highest BCUT2D eigenvalue weighted by atomic mass is 35.5. The molecule has 1 aliphatic carbocycles. The van der Waals surface area contributed by atoms with Gasteiger partial charge in [-0.2, -0.15) is 0 Å². The molecule has 0 spiro atoms. The van der Waals surface area contributed by atoms with E-state index in [2.05, 4.69) is 10.6 Å². The molecule has 0 radical (unpaired) electrons. The van der Waals surface area contributed by atoms with Gasteiger partial charge in [0.15, 0.2) is 0 Å². The summed E-state index contributed by atoms with van der Waals surface area (Å²) in [6.07, 6.45) is 6.48. The zero-order valence-electron chi connectivity index (χ0n) is 13.5. The van der Waals surface area contributed by atoms with Crippen LogP contribution in [0.25, 0.3) is 0 Å². The number of amides is 3. The molecule has 7 heteroatoms. The van der Waals surface area contributed by atoms with Crippen LogP contribution in [0.1, 0.15) is 38.5 Å². The minimum absolute atomic E-state index is 0. The van der Waals surface area contributed by atoms with Crippen molar-refractivity contribution in [3.05, 3.63) is 0 Å². The van der Waals surface area contributed by atoms with Crippen molar-refractivity contribution in [3.8, 4) is 0 Å². The molecule has 2 aliphatic rings. The summed E-state index contributed by atoms with van der Waals surface area (Å²) >= 11 is 0. The first kappa shape index (κ1) is 19.0. The molecular formula is C15H29ClN4O2. The highest BCUT2D eigenvalue weighted by Gasteiger charge is 2.25. The van der Waals surface area contributed by atoms with Crippen molar-refractivity contribution in [2.24, 2.45) is 0 Å². The Morgan fingerprint density at radius 2 is 1.59 bits per heavy atom. The number of carbonyl (C=O) groups excluding carboxylic acids is 2. The Morgan fingerprint density at radius 3 is 2.18 bits per heavy atom. The van der Waals surface area contributed by atoms with Gasteiger partial charge in [-0.25, -0.2) is 4.79 Å². The van der Waals surface area contributed by atoms with E-state index in [1.54, 1.807) is 0 Å². The Hall–Kier alpha value is -1.01. The van der Waals surface area contributed by atoms with E-state index in [1.165, 1.54) is 19.3 Å².